The summed E-state index contributed by atoms with van der Waals surface area (Å²) < 4.78 is 32.3. The van der Waals surface area contributed by atoms with Gasteiger partial charge in [-0.1, -0.05) is 0 Å². The third-order valence-corrected chi connectivity index (χ3v) is 5.25. The average molecular weight is 365 g/mol. The fourth-order valence-corrected chi connectivity index (χ4v) is 3.90. The summed E-state index contributed by atoms with van der Waals surface area (Å²) in [5.41, 5.74) is 0.445. The van der Waals surface area contributed by atoms with Gasteiger partial charge in [-0.25, -0.2) is 18.4 Å². The van der Waals surface area contributed by atoms with Crippen LogP contribution in [-0.4, -0.2) is 70.4 Å². The van der Waals surface area contributed by atoms with Crippen molar-refractivity contribution in [2.75, 3.05) is 20.3 Å². The Balaban J connectivity index is 1.55. The molecule has 26 heavy (non-hydrogen) atoms. The maximum atomic E-state index is 12.8. The lowest BCUT2D eigenvalue weighted by molar-refractivity contribution is -0.0670. The molecule has 2 aliphatic rings. The fraction of sp³-hybridized carbons (Fsp3) is 0.588. The van der Waals surface area contributed by atoms with Gasteiger partial charge in [0.15, 0.2) is 11.3 Å². The Kier molecular flexibility index (Phi) is 4.58. The van der Waals surface area contributed by atoms with Crippen molar-refractivity contribution in [3.63, 3.8) is 0 Å². The van der Waals surface area contributed by atoms with E-state index in [9.17, 15) is 13.6 Å². The molecule has 7 nitrogen and oxygen atoms in total. The number of ether oxygens (including phenoxy) is 1. The normalized spacial score (nSPS) is 26.4. The topological polar surface area (TPSA) is 72.3 Å². The Morgan fingerprint density at radius 2 is 2.12 bits per heavy atom. The quantitative estimate of drug-likeness (QED) is 0.884. The molecule has 2 bridgehead atoms. The van der Waals surface area contributed by atoms with Crippen LogP contribution in [0.25, 0.3) is 11.0 Å². The summed E-state index contributed by atoms with van der Waals surface area (Å²) in [6.45, 7) is 0.737. The van der Waals surface area contributed by atoms with E-state index in [4.69, 9.17) is 4.74 Å². The number of carbonyl (C=O) groups excluding carboxylic acids is 1. The van der Waals surface area contributed by atoms with Gasteiger partial charge in [0.05, 0.1) is 18.6 Å². The number of hydrogen-bond acceptors (Lipinski definition) is 5. The third-order valence-electron chi connectivity index (χ3n) is 5.25. The lowest BCUT2D eigenvalue weighted by Gasteiger charge is -2.46. The third kappa shape index (κ3) is 3.16. The smallest absolute Gasteiger partial charge is 0.272 e. The van der Waals surface area contributed by atoms with Crippen molar-refractivity contribution >= 4 is 16.9 Å². The van der Waals surface area contributed by atoms with Gasteiger partial charge in [-0.3, -0.25) is 9.69 Å². The minimum Gasteiger partial charge on any atom is -0.378 e. The Bertz CT molecular complexity index is 798. The van der Waals surface area contributed by atoms with Crippen molar-refractivity contribution in [3.05, 3.63) is 24.0 Å². The lowest BCUT2D eigenvalue weighted by Crippen LogP contribution is -2.59. The first-order valence-corrected chi connectivity index (χ1v) is 8.73. The Labute approximate surface area is 149 Å². The molecule has 9 heteroatoms. The van der Waals surface area contributed by atoms with E-state index in [0.29, 0.717) is 24.2 Å². The number of fused-ring (bicyclic) bond motifs is 3. The molecule has 140 valence electrons. The van der Waals surface area contributed by atoms with Gasteiger partial charge in [0.2, 0.25) is 0 Å². The number of rotatable bonds is 4. The van der Waals surface area contributed by atoms with Gasteiger partial charge < -0.3 is 10.1 Å². The van der Waals surface area contributed by atoms with Crippen LogP contribution >= 0.6 is 0 Å². The number of alkyl halides is 2. The van der Waals surface area contributed by atoms with E-state index in [-0.39, 0.29) is 29.7 Å². The minimum atomic E-state index is -2.57. The minimum absolute atomic E-state index is 0.0181. The predicted octanol–water partition coefficient (Wildman–Crippen LogP) is 1.29. The Morgan fingerprint density at radius 1 is 1.38 bits per heavy atom. The van der Waals surface area contributed by atoms with Crippen LogP contribution in [0.2, 0.25) is 0 Å². The number of aromatic nitrogens is 3. The fourth-order valence-electron chi connectivity index (χ4n) is 3.90. The number of halogens is 2. The summed E-state index contributed by atoms with van der Waals surface area (Å²) in [5.74, 6) is -0.343. The van der Waals surface area contributed by atoms with Crippen LogP contribution in [0.5, 0.6) is 0 Å². The number of likely N-dealkylation sites (N-methyl/N-ethyl adjacent to an activating group) is 1. The van der Waals surface area contributed by atoms with Crippen LogP contribution in [0, 0.1) is 0 Å². The summed E-state index contributed by atoms with van der Waals surface area (Å²) in [4.78, 5) is 19.2. The molecular formula is C17H21F2N5O2. The molecule has 4 rings (SSSR count). The highest BCUT2D eigenvalue weighted by Gasteiger charge is 2.37. The first-order chi connectivity index (χ1) is 12.5. The SMILES string of the molecule is CN1[C@@H]2COC[C@H]1C[C@@H](NC(=O)c1nn(CC(F)F)c3ncccc13)C2. The van der Waals surface area contributed by atoms with Gasteiger partial charge >= 0.3 is 0 Å². The number of pyridine rings is 1. The number of hydrogen-bond donors (Lipinski definition) is 1. The zero-order valence-electron chi connectivity index (χ0n) is 14.4. The van der Waals surface area contributed by atoms with Gasteiger partial charge in [0.1, 0.15) is 6.54 Å². The van der Waals surface area contributed by atoms with E-state index in [2.05, 4.69) is 27.3 Å². The molecule has 0 saturated carbocycles. The lowest BCUT2D eigenvalue weighted by atomic mass is 9.90. The zero-order valence-corrected chi connectivity index (χ0v) is 14.4. The first kappa shape index (κ1) is 17.3. The molecule has 0 spiro atoms. The number of amides is 1. The van der Waals surface area contributed by atoms with Crippen molar-refractivity contribution in [3.8, 4) is 0 Å². The Morgan fingerprint density at radius 3 is 2.81 bits per heavy atom. The zero-order chi connectivity index (χ0) is 18.3. The number of carbonyl (C=O) groups is 1. The standard InChI is InChI=1S/C17H21F2N5O2/c1-23-11-5-10(6-12(23)9-26-8-11)21-17(25)15-13-3-2-4-20-16(13)24(22-15)7-14(18)19/h2-4,10-12,14H,5-9H2,1H3,(H,21,25)/t10-,11-,12+. The number of nitrogens with one attached hydrogen (secondary N) is 1. The Hall–Kier alpha value is -2.13. The molecule has 0 radical (unpaired) electrons. The van der Waals surface area contributed by atoms with Crippen molar-refractivity contribution in [2.24, 2.45) is 0 Å². The van der Waals surface area contributed by atoms with Crippen LogP contribution in [0.15, 0.2) is 18.3 Å². The molecule has 0 aromatic carbocycles. The molecule has 2 aromatic heterocycles. The second-order valence-electron chi connectivity index (χ2n) is 6.95. The van der Waals surface area contributed by atoms with E-state index < -0.39 is 13.0 Å². The van der Waals surface area contributed by atoms with Gasteiger partial charge in [0.25, 0.3) is 12.3 Å². The van der Waals surface area contributed by atoms with Crippen LogP contribution in [0.3, 0.4) is 0 Å². The first-order valence-electron chi connectivity index (χ1n) is 8.73. The van der Waals surface area contributed by atoms with E-state index in [0.717, 1.165) is 17.5 Å². The molecule has 2 aromatic rings. The van der Waals surface area contributed by atoms with E-state index in [1.54, 1.807) is 12.1 Å². The monoisotopic (exact) mass is 365 g/mol. The van der Waals surface area contributed by atoms with Gasteiger partial charge in [-0.2, -0.15) is 5.10 Å². The summed E-state index contributed by atoms with van der Waals surface area (Å²) in [7, 11) is 2.08. The molecule has 2 saturated heterocycles. The molecule has 3 atom stereocenters. The maximum Gasteiger partial charge on any atom is 0.272 e. The van der Waals surface area contributed by atoms with Gasteiger partial charge in [0, 0.05) is 24.3 Å². The molecule has 4 heterocycles. The highest BCUT2D eigenvalue weighted by Crippen LogP contribution is 2.26. The van der Waals surface area contributed by atoms with E-state index >= 15 is 0 Å². The maximum absolute atomic E-state index is 12.8. The second-order valence-corrected chi connectivity index (χ2v) is 6.95. The van der Waals surface area contributed by atoms with Crippen LogP contribution in [0.1, 0.15) is 23.3 Å². The molecule has 1 amide bonds. The summed E-state index contributed by atoms with van der Waals surface area (Å²) in [5, 5.41) is 7.63. The van der Waals surface area contributed by atoms with E-state index in [1.165, 1.54) is 6.20 Å². The molecule has 1 N–H and O–H groups in total. The molecular weight excluding hydrogens is 344 g/mol. The second kappa shape index (κ2) is 6.88. The number of piperidine rings is 1. The predicted molar refractivity (Wildman–Crippen MR) is 90.2 cm³/mol. The van der Waals surface area contributed by atoms with Crippen molar-refractivity contribution in [1.82, 2.24) is 25.0 Å². The number of nitrogens with zero attached hydrogens (tertiary/aromatic N) is 4. The van der Waals surface area contributed by atoms with Gasteiger partial charge in [-0.15, -0.1) is 0 Å². The van der Waals surface area contributed by atoms with Crippen LogP contribution in [0.4, 0.5) is 8.78 Å². The van der Waals surface area contributed by atoms with Crippen LogP contribution < -0.4 is 5.32 Å². The molecule has 0 unspecified atom stereocenters. The van der Waals surface area contributed by atoms with Crippen LogP contribution in [-0.2, 0) is 11.3 Å². The average Bonchev–Trinajstić information content (AvgIpc) is 2.94. The van der Waals surface area contributed by atoms with E-state index in [1.807, 2.05) is 0 Å². The summed E-state index contributed by atoms with van der Waals surface area (Å²) in [6, 6.07) is 3.93. The molecule has 2 fully saturated rings. The van der Waals surface area contributed by atoms with Gasteiger partial charge in [-0.05, 0) is 32.0 Å². The largest absolute Gasteiger partial charge is 0.378 e. The summed E-state index contributed by atoms with van der Waals surface area (Å²) >= 11 is 0. The highest BCUT2D eigenvalue weighted by atomic mass is 19.3. The number of morpholine rings is 1. The van der Waals surface area contributed by atoms with Crippen molar-refractivity contribution < 1.29 is 18.3 Å². The van der Waals surface area contributed by atoms with Crippen molar-refractivity contribution in [2.45, 2.75) is 43.9 Å². The summed E-state index contributed by atoms with van der Waals surface area (Å²) in [6.07, 6.45) is 0.537. The molecule has 2 aliphatic heterocycles. The van der Waals surface area contributed by atoms with Crippen molar-refractivity contribution in [1.29, 1.82) is 0 Å². The molecule has 0 aliphatic carbocycles. The highest BCUT2D eigenvalue weighted by molar-refractivity contribution is 6.04.